The minimum atomic E-state index is -0.461. The van der Waals surface area contributed by atoms with E-state index >= 15 is 0 Å². The number of hydrogen-bond acceptors (Lipinski definition) is 3. The van der Waals surface area contributed by atoms with Crippen LogP contribution < -0.4 is 4.74 Å². The first-order valence-electron chi connectivity index (χ1n) is 19.7. The molecule has 3 nitrogen and oxygen atoms in total. The van der Waals surface area contributed by atoms with Gasteiger partial charge >= 0.3 is 0 Å². The van der Waals surface area contributed by atoms with Gasteiger partial charge in [-0.25, -0.2) is 9.97 Å². The quantitative estimate of drug-likeness (QED) is 0.178. The Bertz CT molecular complexity index is 2840. The highest BCUT2D eigenvalue weighted by Crippen LogP contribution is 2.64. The lowest BCUT2D eigenvalue weighted by atomic mass is 9.63. The van der Waals surface area contributed by atoms with Crippen LogP contribution in [0.3, 0.4) is 0 Å². The van der Waals surface area contributed by atoms with E-state index in [-0.39, 0.29) is 0 Å². The van der Waals surface area contributed by atoms with Gasteiger partial charge in [-0.2, -0.15) is 0 Å². The predicted octanol–water partition coefficient (Wildman–Crippen LogP) is 13.4. The predicted molar refractivity (Wildman–Crippen MR) is 228 cm³/mol. The van der Waals surface area contributed by atoms with Crippen molar-refractivity contribution in [2.24, 2.45) is 0 Å². The first-order valence-corrected chi connectivity index (χ1v) is 19.7. The highest BCUT2D eigenvalue weighted by molar-refractivity contribution is 5.94. The Morgan fingerprint density at radius 1 is 0.500 bits per heavy atom. The fourth-order valence-corrected chi connectivity index (χ4v) is 9.51. The molecule has 1 aliphatic heterocycles. The van der Waals surface area contributed by atoms with Gasteiger partial charge in [0.25, 0.3) is 0 Å². The zero-order valence-electron chi connectivity index (χ0n) is 31.0. The third-order valence-corrected chi connectivity index (χ3v) is 12.0. The van der Waals surface area contributed by atoms with Gasteiger partial charge in [0.1, 0.15) is 11.5 Å². The highest BCUT2D eigenvalue weighted by atomic mass is 16.5. The number of ether oxygens (including phenoxy) is 1. The molecule has 11 rings (SSSR count). The van der Waals surface area contributed by atoms with Crippen LogP contribution in [0.5, 0.6) is 11.5 Å². The number of benzene rings is 6. The maximum absolute atomic E-state index is 7.10. The Hall–Kier alpha value is -6.84. The van der Waals surface area contributed by atoms with Crippen LogP contribution in [0.2, 0.25) is 0 Å². The number of nitrogens with zero attached hydrogens (tertiary/aromatic N) is 2. The van der Waals surface area contributed by atoms with Crippen LogP contribution in [-0.2, 0) is 5.41 Å². The van der Waals surface area contributed by atoms with E-state index in [1.54, 1.807) is 0 Å². The molecule has 0 radical (unpaired) electrons. The molecule has 0 saturated carbocycles. The van der Waals surface area contributed by atoms with Gasteiger partial charge in [-0.05, 0) is 82.9 Å². The molecule has 1 atom stereocenters. The van der Waals surface area contributed by atoms with Gasteiger partial charge in [0, 0.05) is 33.4 Å². The maximum Gasteiger partial charge on any atom is 0.161 e. The number of hydrogen-bond donors (Lipinski definition) is 0. The molecule has 0 bridgehead atoms. The molecule has 4 aliphatic rings. The summed E-state index contributed by atoms with van der Waals surface area (Å²) in [4.78, 5) is 10.7. The lowest BCUT2D eigenvalue weighted by Crippen LogP contribution is -2.33. The Balaban J connectivity index is 1.13. The number of rotatable bonds is 5. The zero-order valence-corrected chi connectivity index (χ0v) is 31.0. The number of fused-ring (bicyclic) bond motifs is 8. The Labute approximate surface area is 327 Å². The van der Waals surface area contributed by atoms with Crippen molar-refractivity contribution in [1.82, 2.24) is 9.97 Å². The van der Waals surface area contributed by atoms with Gasteiger partial charge in [-0.1, -0.05) is 164 Å². The SMILES string of the molecule is C1=CCCC(c2cccc(-c3cc(-c4ccccc4)nc(-c4ccccc4-c4cccc5c4Oc4ccccc4C54C5=C(C=CCC5)c5ccccc54)n3)c2)=C1. The van der Waals surface area contributed by atoms with Crippen molar-refractivity contribution in [3.05, 3.63) is 215 Å². The van der Waals surface area contributed by atoms with Crippen LogP contribution in [0, 0.1) is 0 Å². The van der Waals surface area contributed by atoms with Crippen LogP contribution in [0.1, 0.15) is 53.5 Å². The molecule has 1 spiro atoms. The van der Waals surface area contributed by atoms with E-state index in [4.69, 9.17) is 14.7 Å². The first kappa shape index (κ1) is 32.6. The van der Waals surface area contributed by atoms with Crippen LogP contribution in [-0.4, -0.2) is 9.97 Å². The van der Waals surface area contributed by atoms with Crippen molar-refractivity contribution in [2.45, 2.75) is 31.1 Å². The number of allylic oxidation sites excluding steroid dienone is 8. The van der Waals surface area contributed by atoms with Gasteiger partial charge < -0.3 is 4.74 Å². The lowest BCUT2D eigenvalue weighted by Gasteiger charge is -2.41. The van der Waals surface area contributed by atoms with E-state index in [0.717, 1.165) is 76.4 Å². The van der Waals surface area contributed by atoms with E-state index in [9.17, 15) is 0 Å². The van der Waals surface area contributed by atoms with Gasteiger partial charge in [0.2, 0.25) is 0 Å². The molecule has 3 heteroatoms. The van der Waals surface area contributed by atoms with E-state index in [0.29, 0.717) is 5.82 Å². The fourth-order valence-electron chi connectivity index (χ4n) is 9.51. The molecule has 3 aliphatic carbocycles. The van der Waals surface area contributed by atoms with E-state index < -0.39 is 5.41 Å². The molecule has 7 aromatic rings. The smallest absolute Gasteiger partial charge is 0.161 e. The van der Waals surface area contributed by atoms with Crippen LogP contribution in [0.15, 0.2) is 188 Å². The second kappa shape index (κ2) is 13.2. The average Bonchev–Trinajstić information content (AvgIpc) is 3.57. The van der Waals surface area contributed by atoms with Crippen LogP contribution in [0.25, 0.3) is 56.2 Å². The second-order valence-electron chi connectivity index (χ2n) is 15.0. The van der Waals surface area contributed by atoms with Crippen molar-refractivity contribution in [3.8, 4) is 56.5 Å². The summed E-state index contributed by atoms with van der Waals surface area (Å²) in [6, 6.07) is 54.2. The molecule has 1 unspecified atom stereocenters. The molecule has 6 aromatic carbocycles. The summed E-state index contributed by atoms with van der Waals surface area (Å²) >= 11 is 0. The van der Waals surface area contributed by atoms with E-state index in [1.807, 2.05) is 6.07 Å². The summed E-state index contributed by atoms with van der Waals surface area (Å²) in [6.45, 7) is 0. The Morgan fingerprint density at radius 2 is 1.16 bits per heavy atom. The molecule has 0 N–H and O–H groups in total. The topological polar surface area (TPSA) is 35.0 Å². The fraction of sp³-hybridized carbons (Fsp3) is 0.0943. The monoisotopic (exact) mass is 718 g/mol. The molecule has 0 saturated heterocycles. The molecule has 2 heterocycles. The summed E-state index contributed by atoms with van der Waals surface area (Å²) in [5.41, 5.74) is 16.9. The largest absolute Gasteiger partial charge is 0.456 e. The molecule has 0 amide bonds. The maximum atomic E-state index is 7.10. The molecule has 266 valence electrons. The molecule has 0 fully saturated rings. The third kappa shape index (κ3) is 5.04. The number of para-hydroxylation sites is 2. The van der Waals surface area contributed by atoms with Gasteiger partial charge in [-0.3, -0.25) is 0 Å². The summed E-state index contributed by atoms with van der Waals surface area (Å²) in [5.74, 6) is 2.47. The summed E-state index contributed by atoms with van der Waals surface area (Å²) in [6.07, 6.45) is 15.4. The van der Waals surface area contributed by atoms with Gasteiger partial charge in [0.05, 0.1) is 16.8 Å². The van der Waals surface area contributed by atoms with Crippen molar-refractivity contribution in [3.63, 3.8) is 0 Å². The molecular formula is C53H38N2O. The summed E-state index contributed by atoms with van der Waals surface area (Å²) in [7, 11) is 0. The lowest BCUT2D eigenvalue weighted by molar-refractivity contribution is 0.433. The normalized spacial score (nSPS) is 17.5. The standard InChI is InChI=1S/C53H38N2O/c1-3-17-35(18-4-1)37-21-15-22-38(33-37)49-34-48(36-19-5-2-6-20-36)54-52(55-49)43-26-8-7-23-39(43)42-27-16-31-47-51(42)56-50-32-14-13-30-46(50)53(47)44-28-11-9-24-40(44)41-25-10-12-29-45(41)53/h1-3,5-11,13-17,19-28,30-34H,4,12,18,29H2. The zero-order chi connectivity index (χ0) is 37.1. The minimum absolute atomic E-state index is 0.461. The summed E-state index contributed by atoms with van der Waals surface area (Å²) < 4.78 is 7.10. The molecular weight excluding hydrogens is 681 g/mol. The Morgan fingerprint density at radius 3 is 2.02 bits per heavy atom. The van der Waals surface area contributed by atoms with Crippen LogP contribution in [0.4, 0.5) is 0 Å². The van der Waals surface area contributed by atoms with Crippen molar-refractivity contribution in [2.75, 3.05) is 0 Å². The van der Waals surface area contributed by atoms with E-state index in [2.05, 4.69) is 176 Å². The van der Waals surface area contributed by atoms with Crippen molar-refractivity contribution in [1.29, 1.82) is 0 Å². The van der Waals surface area contributed by atoms with Crippen molar-refractivity contribution < 1.29 is 4.74 Å². The third-order valence-electron chi connectivity index (χ3n) is 12.0. The van der Waals surface area contributed by atoms with Crippen molar-refractivity contribution >= 4 is 11.1 Å². The minimum Gasteiger partial charge on any atom is -0.456 e. The molecule has 56 heavy (non-hydrogen) atoms. The second-order valence-corrected chi connectivity index (χ2v) is 15.0. The average molecular weight is 719 g/mol. The van der Waals surface area contributed by atoms with Gasteiger partial charge in [-0.15, -0.1) is 0 Å². The molecule has 1 aromatic heterocycles. The summed E-state index contributed by atoms with van der Waals surface area (Å²) in [5, 5.41) is 0. The highest BCUT2D eigenvalue weighted by Gasteiger charge is 2.52. The van der Waals surface area contributed by atoms with Gasteiger partial charge in [0.15, 0.2) is 5.82 Å². The Kier molecular flexibility index (Phi) is 7.67. The number of aromatic nitrogens is 2. The van der Waals surface area contributed by atoms with Crippen LogP contribution >= 0.6 is 0 Å². The first-order chi connectivity index (χ1) is 27.8. The van der Waals surface area contributed by atoms with E-state index in [1.165, 1.54) is 44.5 Å².